The highest BCUT2D eigenvalue weighted by Crippen LogP contribution is 2.25. The van der Waals surface area contributed by atoms with Crippen LogP contribution in [0, 0.1) is 34.5 Å². The Kier molecular flexibility index (Phi) is 6.20. The molecule has 30 heavy (non-hydrogen) atoms. The van der Waals surface area contributed by atoms with Crippen LogP contribution in [0.4, 0.5) is 0 Å². The Morgan fingerprint density at radius 1 is 0.400 bits per heavy atom. The molecule has 0 saturated carbocycles. The van der Waals surface area contributed by atoms with E-state index in [0.717, 1.165) is 11.1 Å². The lowest BCUT2D eigenvalue weighted by Gasteiger charge is -2.08. The van der Waals surface area contributed by atoms with Crippen LogP contribution in [0.25, 0.3) is 22.3 Å². The van der Waals surface area contributed by atoms with Gasteiger partial charge in [0.15, 0.2) is 0 Å². The predicted molar refractivity (Wildman–Crippen MR) is 130 cm³/mol. The van der Waals surface area contributed by atoms with Gasteiger partial charge in [-0.25, -0.2) is 0 Å². The Labute approximate surface area is 182 Å². The first-order valence-corrected chi connectivity index (χ1v) is 10.5. The fraction of sp³-hybridized carbons (Fsp3) is 0.267. The highest BCUT2D eigenvalue weighted by molar-refractivity contribution is 5.71. The second-order valence-corrected chi connectivity index (χ2v) is 9.73. The summed E-state index contributed by atoms with van der Waals surface area (Å²) in [7, 11) is 0. The van der Waals surface area contributed by atoms with Crippen LogP contribution in [0.2, 0.25) is 0 Å². The number of benzene rings is 3. The van der Waals surface area contributed by atoms with Gasteiger partial charge in [0.25, 0.3) is 0 Å². The minimum Gasteiger partial charge on any atom is -0.0920 e. The summed E-state index contributed by atoms with van der Waals surface area (Å²) in [6, 6.07) is 25.7. The number of hydrogen-bond acceptors (Lipinski definition) is 0. The summed E-state index contributed by atoms with van der Waals surface area (Å²) in [6.07, 6.45) is 0. The topological polar surface area (TPSA) is 0 Å². The highest BCUT2D eigenvalue weighted by atomic mass is 14.1. The molecule has 0 aromatic heterocycles. The molecule has 3 aromatic carbocycles. The zero-order chi connectivity index (χ0) is 21.8. The lowest BCUT2D eigenvalue weighted by Crippen LogP contribution is -1.99. The minimum atomic E-state index is 0.0197. The summed E-state index contributed by atoms with van der Waals surface area (Å²) >= 11 is 0. The molecule has 0 heterocycles. The lowest BCUT2D eigenvalue weighted by atomic mass is 9.96. The molecule has 0 saturated heterocycles. The Balaban J connectivity index is 1.74. The molecule has 0 bridgehead atoms. The fourth-order valence-corrected chi connectivity index (χ4v) is 2.87. The van der Waals surface area contributed by atoms with Crippen molar-refractivity contribution in [2.24, 2.45) is 10.8 Å². The van der Waals surface area contributed by atoms with E-state index >= 15 is 0 Å². The van der Waals surface area contributed by atoms with Gasteiger partial charge in [0.05, 0.1) is 0 Å². The van der Waals surface area contributed by atoms with Gasteiger partial charge in [0, 0.05) is 22.0 Å². The molecule has 0 atom stereocenters. The molecule has 150 valence electrons. The molecule has 0 spiro atoms. The van der Waals surface area contributed by atoms with E-state index in [2.05, 4.69) is 138 Å². The van der Waals surface area contributed by atoms with E-state index in [1.165, 1.54) is 22.3 Å². The molecule has 0 fully saturated rings. The van der Waals surface area contributed by atoms with Gasteiger partial charge in [-0.2, -0.15) is 0 Å². The third-order valence-corrected chi connectivity index (χ3v) is 4.49. The quantitative estimate of drug-likeness (QED) is 0.391. The summed E-state index contributed by atoms with van der Waals surface area (Å²) in [6.45, 7) is 12.8. The van der Waals surface area contributed by atoms with Crippen molar-refractivity contribution in [2.45, 2.75) is 41.5 Å². The van der Waals surface area contributed by atoms with E-state index in [-0.39, 0.29) is 10.8 Å². The van der Waals surface area contributed by atoms with Crippen molar-refractivity contribution < 1.29 is 0 Å². The monoisotopic (exact) mass is 390 g/mol. The molecule has 0 N–H and O–H groups in total. The van der Waals surface area contributed by atoms with Crippen LogP contribution in [-0.2, 0) is 0 Å². The summed E-state index contributed by atoms with van der Waals surface area (Å²) in [5, 5.41) is 0. The van der Waals surface area contributed by atoms with Gasteiger partial charge in [-0.15, -0.1) is 0 Å². The second-order valence-electron chi connectivity index (χ2n) is 9.73. The van der Waals surface area contributed by atoms with Crippen LogP contribution < -0.4 is 0 Å². The molecular weight excluding hydrogens is 360 g/mol. The van der Waals surface area contributed by atoms with E-state index in [0.29, 0.717) is 0 Å². The average molecular weight is 391 g/mol. The molecule has 0 amide bonds. The molecule has 0 radical (unpaired) electrons. The SMILES string of the molecule is CC(C)(C)C#Cc1ccc(-c2ccc(-c3ccc(C#CC(C)(C)C)cc3)cc2)cc1. The van der Waals surface area contributed by atoms with Crippen molar-refractivity contribution in [3.05, 3.63) is 83.9 Å². The van der Waals surface area contributed by atoms with Crippen molar-refractivity contribution in [1.82, 2.24) is 0 Å². The normalized spacial score (nSPS) is 11.1. The summed E-state index contributed by atoms with van der Waals surface area (Å²) < 4.78 is 0. The van der Waals surface area contributed by atoms with Crippen LogP contribution in [0.1, 0.15) is 52.7 Å². The summed E-state index contributed by atoms with van der Waals surface area (Å²) in [5.41, 5.74) is 6.98. The molecule has 3 aromatic rings. The standard InChI is InChI=1S/C30H30/c1-29(2,3)21-19-23-7-11-25(12-8-23)27-15-17-28(18-16-27)26-13-9-24(10-14-26)20-22-30(4,5)6/h7-18H,1-6H3. The van der Waals surface area contributed by atoms with E-state index in [1.807, 2.05) is 0 Å². The number of rotatable bonds is 2. The maximum Gasteiger partial charge on any atom is 0.0245 e. The van der Waals surface area contributed by atoms with Crippen LogP contribution in [0.5, 0.6) is 0 Å². The van der Waals surface area contributed by atoms with Gasteiger partial charge in [-0.1, -0.05) is 72.2 Å². The number of hydrogen-bond donors (Lipinski definition) is 0. The Bertz CT molecular complexity index is 1010. The maximum atomic E-state index is 3.28. The molecule has 0 aliphatic heterocycles. The van der Waals surface area contributed by atoms with Gasteiger partial charge >= 0.3 is 0 Å². The maximum absolute atomic E-state index is 3.28. The third kappa shape index (κ3) is 6.40. The zero-order valence-corrected chi connectivity index (χ0v) is 18.9. The van der Waals surface area contributed by atoms with Crippen molar-refractivity contribution in [3.63, 3.8) is 0 Å². The molecule has 3 rings (SSSR count). The summed E-state index contributed by atoms with van der Waals surface area (Å²) in [5.74, 6) is 13.1. The first-order valence-electron chi connectivity index (χ1n) is 10.5. The molecular formula is C30H30. The van der Waals surface area contributed by atoms with Crippen molar-refractivity contribution in [2.75, 3.05) is 0 Å². The molecule has 0 aliphatic rings. The highest BCUT2D eigenvalue weighted by Gasteiger charge is 2.05. The smallest absolute Gasteiger partial charge is 0.0245 e. The molecule has 0 unspecified atom stereocenters. The minimum absolute atomic E-state index is 0.0197. The van der Waals surface area contributed by atoms with E-state index in [4.69, 9.17) is 0 Å². The largest absolute Gasteiger partial charge is 0.0920 e. The van der Waals surface area contributed by atoms with Gasteiger partial charge in [0.2, 0.25) is 0 Å². The molecule has 0 nitrogen and oxygen atoms in total. The molecule has 0 heteroatoms. The zero-order valence-electron chi connectivity index (χ0n) is 18.9. The van der Waals surface area contributed by atoms with Crippen LogP contribution >= 0.6 is 0 Å². The molecule has 0 aliphatic carbocycles. The van der Waals surface area contributed by atoms with Gasteiger partial charge in [0.1, 0.15) is 0 Å². The Morgan fingerprint density at radius 3 is 0.867 bits per heavy atom. The van der Waals surface area contributed by atoms with E-state index < -0.39 is 0 Å². The van der Waals surface area contributed by atoms with Crippen molar-refractivity contribution in [1.29, 1.82) is 0 Å². The van der Waals surface area contributed by atoms with Crippen molar-refractivity contribution in [3.8, 4) is 45.9 Å². The first kappa shape index (κ1) is 21.5. The second kappa shape index (κ2) is 8.65. The van der Waals surface area contributed by atoms with Crippen LogP contribution in [0.3, 0.4) is 0 Å². The first-order chi connectivity index (χ1) is 14.1. The Morgan fingerprint density at radius 2 is 0.633 bits per heavy atom. The predicted octanol–water partition coefficient (Wildman–Crippen LogP) is 7.82. The average Bonchev–Trinajstić information content (AvgIpc) is 2.71. The summed E-state index contributed by atoms with van der Waals surface area (Å²) in [4.78, 5) is 0. The van der Waals surface area contributed by atoms with E-state index in [9.17, 15) is 0 Å². The van der Waals surface area contributed by atoms with E-state index in [1.54, 1.807) is 0 Å². The van der Waals surface area contributed by atoms with Gasteiger partial charge in [-0.3, -0.25) is 0 Å². The van der Waals surface area contributed by atoms with Gasteiger partial charge < -0.3 is 0 Å². The van der Waals surface area contributed by atoms with Gasteiger partial charge in [-0.05, 0) is 88.1 Å². The van der Waals surface area contributed by atoms with Crippen molar-refractivity contribution >= 4 is 0 Å². The third-order valence-electron chi connectivity index (χ3n) is 4.49. The van der Waals surface area contributed by atoms with Crippen LogP contribution in [-0.4, -0.2) is 0 Å². The lowest BCUT2D eigenvalue weighted by molar-refractivity contribution is 0.570. The Hall–Kier alpha value is -3.22. The fourth-order valence-electron chi connectivity index (χ4n) is 2.87. The van der Waals surface area contributed by atoms with Crippen LogP contribution in [0.15, 0.2) is 72.8 Å².